The van der Waals surface area contributed by atoms with E-state index in [4.69, 9.17) is 11.0 Å². The van der Waals surface area contributed by atoms with Crippen molar-refractivity contribution in [1.29, 1.82) is 5.26 Å². The molecule has 0 radical (unpaired) electrons. The second-order valence-electron chi connectivity index (χ2n) is 3.58. The van der Waals surface area contributed by atoms with E-state index in [1.165, 1.54) is 18.2 Å². The summed E-state index contributed by atoms with van der Waals surface area (Å²) in [6.07, 6.45) is -4.45. The molecule has 0 aliphatic rings. The third-order valence-corrected chi connectivity index (χ3v) is 3.32. The molecular formula is C12H7F3N2S. The number of halogens is 3. The Hall–Kier alpha value is -2.00. The van der Waals surface area contributed by atoms with Gasteiger partial charge in [-0.15, -0.1) is 11.3 Å². The van der Waals surface area contributed by atoms with E-state index in [0.717, 1.165) is 17.4 Å². The SMILES string of the molecule is N#Cc1cccc(-c2sc(N)cc2C(F)(F)F)c1. The Bertz CT molecular complexity index is 623. The predicted molar refractivity (Wildman–Crippen MR) is 63.9 cm³/mol. The number of hydrogen-bond donors (Lipinski definition) is 1. The van der Waals surface area contributed by atoms with Crippen LogP contribution >= 0.6 is 11.3 Å². The molecule has 92 valence electrons. The van der Waals surface area contributed by atoms with Crippen LogP contribution in [0.25, 0.3) is 10.4 Å². The van der Waals surface area contributed by atoms with Crippen LogP contribution in [-0.4, -0.2) is 0 Å². The van der Waals surface area contributed by atoms with Gasteiger partial charge in [0.2, 0.25) is 0 Å². The standard InChI is InChI=1S/C12H7F3N2S/c13-12(14,15)9-5-10(17)18-11(9)8-3-1-2-7(4-8)6-16/h1-5H,17H2. The maximum absolute atomic E-state index is 12.8. The number of alkyl halides is 3. The third-order valence-electron chi connectivity index (χ3n) is 2.31. The Morgan fingerprint density at radius 3 is 2.56 bits per heavy atom. The molecule has 6 heteroatoms. The molecule has 2 rings (SSSR count). The molecule has 0 fully saturated rings. The van der Waals surface area contributed by atoms with Gasteiger partial charge < -0.3 is 5.73 Å². The molecule has 2 aromatic rings. The third kappa shape index (κ3) is 2.31. The minimum Gasteiger partial charge on any atom is -0.391 e. The molecule has 1 heterocycles. The van der Waals surface area contributed by atoms with E-state index >= 15 is 0 Å². The van der Waals surface area contributed by atoms with Crippen molar-refractivity contribution in [2.24, 2.45) is 0 Å². The highest BCUT2D eigenvalue weighted by molar-refractivity contribution is 7.19. The van der Waals surface area contributed by atoms with E-state index in [-0.39, 0.29) is 9.88 Å². The average Bonchev–Trinajstić information content (AvgIpc) is 2.71. The van der Waals surface area contributed by atoms with Gasteiger partial charge in [0.1, 0.15) is 0 Å². The number of hydrogen-bond acceptors (Lipinski definition) is 3. The quantitative estimate of drug-likeness (QED) is 0.853. The zero-order valence-corrected chi connectivity index (χ0v) is 9.77. The van der Waals surface area contributed by atoms with E-state index in [0.29, 0.717) is 11.1 Å². The Morgan fingerprint density at radius 2 is 1.94 bits per heavy atom. The second kappa shape index (κ2) is 4.35. The molecule has 2 N–H and O–H groups in total. The monoisotopic (exact) mass is 268 g/mol. The minimum atomic E-state index is -4.45. The van der Waals surface area contributed by atoms with Crippen LogP contribution in [0.15, 0.2) is 30.3 Å². The van der Waals surface area contributed by atoms with Crippen LogP contribution in [0.3, 0.4) is 0 Å². The summed E-state index contributed by atoms with van der Waals surface area (Å²) in [6.45, 7) is 0. The van der Waals surface area contributed by atoms with Gasteiger partial charge >= 0.3 is 6.18 Å². The number of nitrogens with zero attached hydrogens (tertiary/aromatic N) is 1. The van der Waals surface area contributed by atoms with Crippen molar-refractivity contribution in [3.8, 4) is 16.5 Å². The summed E-state index contributed by atoms with van der Waals surface area (Å²) >= 11 is 0.862. The first kappa shape index (κ1) is 12.5. The molecule has 0 bridgehead atoms. The molecule has 0 atom stereocenters. The van der Waals surface area contributed by atoms with E-state index in [9.17, 15) is 13.2 Å². The first-order chi connectivity index (χ1) is 8.41. The van der Waals surface area contributed by atoms with Crippen LogP contribution in [0.2, 0.25) is 0 Å². The Kier molecular flexibility index (Phi) is 3.01. The lowest BCUT2D eigenvalue weighted by Crippen LogP contribution is -2.04. The molecular weight excluding hydrogens is 261 g/mol. The molecule has 0 spiro atoms. The van der Waals surface area contributed by atoms with Crippen molar-refractivity contribution in [2.45, 2.75) is 6.18 Å². The van der Waals surface area contributed by atoms with Crippen LogP contribution in [0.1, 0.15) is 11.1 Å². The first-order valence-electron chi connectivity index (χ1n) is 4.89. The van der Waals surface area contributed by atoms with Crippen molar-refractivity contribution in [1.82, 2.24) is 0 Å². The summed E-state index contributed by atoms with van der Waals surface area (Å²) in [6, 6.07) is 8.84. The number of benzene rings is 1. The smallest absolute Gasteiger partial charge is 0.391 e. The fraction of sp³-hybridized carbons (Fsp3) is 0.0833. The first-order valence-corrected chi connectivity index (χ1v) is 5.70. The number of thiophene rings is 1. The van der Waals surface area contributed by atoms with Gasteiger partial charge in [0.05, 0.1) is 22.2 Å². The van der Waals surface area contributed by atoms with Gasteiger partial charge in [0.15, 0.2) is 0 Å². The summed E-state index contributed by atoms with van der Waals surface area (Å²) in [5.74, 6) is 0. The van der Waals surface area contributed by atoms with Crippen LogP contribution in [0.5, 0.6) is 0 Å². The summed E-state index contributed by atoms with van der Waals surface area (Å²) in [5.41, 5.74) is 5.34. The highest BCUT2D eigenvalue weighted by Crippen LogP contribution is 2.43. The highest BCUT2D eigenvalue weighted by Gasteiger charge is 2.35. The number of nitrogen functional groups attached to an aromatic ring is 1. The molecule has 0 saturated carbocycles. The summed E-state index contributed by atoms with van der Waals surface area (Å²) < 4.78 is 38.4. The fourth-order valence-electron chi connectivity index (χ4n) is 1.57. The number of nitrogens with two attached hydrogens (primary N) is 1. The normalized spacial score (nSPS) is 11.2. The van der Waals surface area contributed by atoms with E-state index in [2.05, 4.69) is 0 Å². The van der Waals surface area contributed by atoms with Crippen LogP contribution < -0.4 is 5.73 Å². The Balaban J connectivity index is 2.61. The lowest BCUT2D eigenvalue weighted by Gasteiger charge is -2.07. The van der Waals surface area contributed by atoms with Crippen LogP contribution in [-0.2, 0) is 6.18 Å². The molecule has 1 aromatic heterocycles. The largest absolute Gasteiger partial charge is 0.417 e. The lowest BCUT2D eigenvalue weighted by atomic mass is 10.1. The topological polar surface area (TPSA) is 49.8 Å². The molecule has 0 unspecified atom stereocenters. The van der Waals surface area contributed by atoms with Gasteiger partial charge in [-0.3, -0.25) is 0 Å². The second-order valence-corrected chi connectivity index (χ2v) is 4.67. The lowest BCUT2D eigenvalue weighted by molar-refractivity contribution is -0.136. The summed E-state index contributed by atoms with van der Waals surface area (Å²) in [7, 11) is 0. The molecule has 0 aliphatic heterocycles. The summed E-state index contributed by atoms with van der Waals surface area (Å²) in [5, 5.41) is 8.85. The highest BCUT2D eigenvalue weighted by atomic mass is 32.1. The van der Waals surface area contributed by atoms with E-state index in [1.54, 1.807) is 6.07 Å². The maximum atomic E-state index is 12.8. The fourth-order valence-corrected chi connectivity index (χ4v) is 2.51. The van der Waals surface area contributed by atoms with Crippen molar-refractivity contribution in [3.63, 3.8) is 0 Å². The molecule has 0 aliphatic carbocycles. The molecule has 0 saturated heterocycles. The minimum absolute atomic E-state index is 0.0390. The van der Waals surface area contributed by atoms with Gasteiger partial charge in [-0.25, -0.2) is 0 Å². The molecule has 1 aromatic carbocycles. The van der Waals surface area contributed by atoms with Crippen LogP contribution in [0.4, 0.5) is 18.2 Å². The Labute approximate surface area is 105 Å². The molecule has 2 nitrogen and oxygen atoms in total. The van der Waals surface area contributed by atoms with Crippen LogP contribution in [0, 0.1) is 11.3 Å². The van der Waals surface area contributed by atoms with E-state index < -0.39 is 11.7 Å². The van der Waals surface area contributed by atoms with Gasteiger partial charge in [0, 0.05) is 4.88 Å². The number of nitriles is 1. The predicted octanol–water partition coefficient (Wildman–Crippen LogP) is 3.89. The molecule has 0 amide bonds. The van der Waals surface area contributed by atoms with Gasteiger partial charge in [0.25, 0.3) is 0 Å². The maximum Gasteiger partial charge on any atom is 0.417 e. The van der Waals surface area contributed by atoms with Crippen molar-refractivity contribution in [3.05, 3.63) is 41.5 Å². The number of anilines is 1. The van der Waals surface area contributed by atoms with E-state index in [1.807, 2.05) is 6.07 Å². The zero-order chi connectivity index (χ0) is 13.3. The number of rotatable bonds is 1. The van der Waals surface area contributed by atoms with Gasteiger partial charge in [-0.1, -0.05) is 12.1 Å². The molecule has 18 heavy (non-hydrogen) atoms. The van der Waals surface area contributed by atoms with Crippen molar-refractivity contribution < 1.29 is 13.2 Å². The summed E-state index contributed by atoms with van der Waals surface area (Å²) in [4.78, 5) is 0.0390. The van der Waals surface area contributed by atoms with Crippen molar-refractivity contribution >= 4 is 16.3 Å². The van der Waals surface area contributed by atoms with Gasteiger partial charge in [-0.05, 0) is 23.8 Å². The van der Waals surface area contributed by atoms with Gasteiger partial charge in [-0.2, -0.15) is 18.4 Å². The van der Waals surface area contributed by atoms with Crippen molar-refractivity contribution in [2.75, 3.05) is 5.73 Å². The Morgan fingerprint density at radius 1 is 1.22 bits per heavy atom. The average molecular weight is 268 g/mol. The zero-order valence-electron chi connectivity index (χ0n) is 8.95.